The molecule has 9 atom stereocenters. The topological polar surface area (TPSA) is 138 Å². The van der Waals surface area contributed by atoms with E-state index in [0.29, 0.717) is 12.2 Å². The van der Waals surface area contributed by atoms with Crippen LogP contribution in [-0.4, -0.2) is 82.2 Å². The van der Waals surface area contributed by atoms with Crippen LogP contribution in [0.3, 0.4) is 0 Å². The molecule has 9 nitrogen and oxygen atoms in total. The molecule has 168 valence electrons. The first kappa shape index (κ1) is 21.8. The van der Waals surface area contributed by atoms with E-state index in [1.54, 1.807) is 12.1 Å². The monoisotopic (exact) mass is 426 g/mol. The molecule has 0 amide bonds. The summed E-state index contributed by atoms with van der Waals surface area (Å²) in [6.45, 7) is -0.502. The second-order valence-corrected chi connectivity index (χ2v) is 8.30. The summed E-state index contributed by atoms with van der Waals surface area (Å²) in [5.74, 6) is 0.515. The van der Waals surface area contributed by atoms with Crippen molar-refractivity contribution < 1.29 is 44.5 Å². The summed E-state index contributed by atoms with van der Waals surface area (Å²) >= 11 is 0. The quantitative estimate of drug-likeness (QED) is 0.447. The normalized spacial score (nSPS) is 41.4. The first-order valence-corrected chi connectivity index (χ1v) is 10.4. The third-order valence-corrected chi connectivity index (χ3v) is 6.50. The molecular formula is C21H30O9. The van der Waals surface area contributed by atoms with Crippen molar-refractivity contribution in [3.05, 3.63) is 23.8 Å². The Morgan fingerprint density at radius 1 is 1.07 bits per heavy atom. The zero-order chi connectivity index (χ0) is 21.4. The van der Waals surface area contributed by atoms with Gasteiger partial charge in [-0.1, -0.05) is 12.5 Å². The van der Waals surface area contributed by atoms with Crippen LogP contribution in [0, 0.1) is 5.92 Å². The SMILES string of the molecule is COc1ccc([C@H]2C[C@@H](O[C@@H]3O[C@H](CO)[C@@H](O)[C@H](O)[C@H]3O)[C@@H]3CCC[C@H]3O2)cc1O. The van der Waals surface area contributed by atoms with Crippen molar-refractivity contribution in [3.8, 4) is 11.5 Å². The molecule has 30 heavy (non-hydrogen) atoms. The van der Waals surface area contributed by atoms with E-state index in [1.165, 1.54) is 7.11 Å². The van der Waals surface area contributed by atoms with Gasteiger partial charge in [-0.3, -0.25) is 0 Å². The molecule has 1 aromatic rings. The Balaban J connectivity index is 1.52. The van der Waals surface area contributed by atoms with E-state index in [2.05, 4.69) is 0 Å². The van der Waals surface area contributed by atoms with Crippen LogP contribution in [0.15, 0.2) is 18.2 Å². The molecule has 1 saturated carbocycles. The van der Waals surface area contributed by atoms with Gasteiger partial charge in [-0.05, 0) is 30.5 Å². The van der Waals surface area contributed by atoms with Crippen LogP contribution in [0.5, 0.6) is 11.5 Å². The number of aliphatic hydroxyl groups is 4. The summed E-state index contributed by atoms with van der Waals surface area (Å²) in [7, 11) is 1.49. The zero-order valence-corrected chi connectivity index (χ0v) is 16.8. The lowest BCUT2D eigenvalue weighted by Gasteiger charge is -2.44. The number of aliphatic hydroxyl groups excluding tert-OH is 4. The molecule has 2 saturated heterocycles. The van der Waals surface area contributed by atoms with E-state index in [1.807, 2.05) is 6.07 Å². The highest BCUT2D eigenvalue weighted by Crippen LogP contribution is 2.45. The van der Waals surface area contributed by atoms with Gasteiger partial charge in [0.1, 0.15) is 24.4 Å². The van der Waals surface area contributed by atoms with Crippen LogP contribution in [0.2, 0.25) is 0 Å². The molecule has 0 bridgehead atoms. The fourth-order valence-electron chi connectivity index (χ4n) is 4.83. The fourth-order valence-corrected chi connectivity index (χ4v) is 4.83. The molecule has 0 spiro atoms. The second-order valence-electron chi connectivity index (χ2n) is 8.30. The lowest BCUT2D eigenvalue weighted by molar-refractivity contribution is -0.323. The summed E-state index contributed by atoms with van der Waals surface area (Å²) in [6.07, 6.45) is -3.92. The Hall–Kier alpha value is -1.46. The van der Waals surface area contributed by atoms with Crippen LogP contribution in [-0.2, 0) is 14.2 Å². The van der Waals surface area contributed by atoms with E-state index in [0.717, 1.165) is 24.8 Å². The number of rotatable bonds is 5. The number of phenolic OH excluding ortho intramolecular Hbond substituents is 1. The Labute approximate surface area is 174 Å². The molecule has 5 N–H and O–H groups in total. The maximum Gasteiger partial charge on any atom is 0.186 e. The van der Waals surface area contributed by atoms with Crippen molar-refractivity contribution >= 4 is 0 Å². The van der Waals surface area contributed by atoms with Crippen LogP contribution in [0.25, 0.3) is 0 Å². The molecule has 0 radical (unpaired) electrons. The summed E-state index contributed by atoms with van der Waals surface area (Å²) < 4.78 is 23.0. The van der Waals surface area contributed by atoms with Gasteiger partial charge in [0.15, 0.2) is 17.8 Å². The van der Waals surface area contributed by atoms with Gasteiger partial charge in [-0.25, -0.2) is 0 Å². The van der Waals surface area contributed by atoms with Gasteiger partial charge < -0.3 is 44.5 Å². The molecule has 0 aromatic heterocycles. The van der Waals surface area contributed by atoms with E-state index < -0.39 is 37.3 Å². The van der Waals surface area contributed by atoms with Gasteiger partial charge in [0.05, 0.1) is 32.0 Å². The number of benzene rings is 1. The summed E-state index contributed by atoms with van der Waals surface area (Å²) in [6, 6.07) is 5.13. The summed E-state index contributed by atoms with van der Waals surface area (Å²) in [4.78, 5) is 0. The van der Waals surface area contributed by atoms with Crippen molar-refractivity contribution in [1.82, 2.24) is 0 Å². The van der Waals surface area contributed by atoms with Gasteiger partial charge in [-0.15, -0.1) is 0 Å². The average Bonchev–Trinajstić information content (AvgIpc) is 3.23. The minimum atomic E-state index is -1.48. The van der Waals surface area contributed by atoms with Crippen molar-refractivity contribution in [2.24, 2.45) is 5.92 Å². The number of methoxy groups -OCH3 is 1. The maximum absolute atomic E-state index is 10.3. The summed E-state index contributed by atoms with van der Waals surface area (Å²) in [5, 5.41) is 49.9. The van der Waals surface area contributed by atoms with Crippen molar-refractivity contribution in [2.45, 2.75) is 74.7 Å². The first-order valence-electron chi connectivity index (χ1n) is 10.4. The van der Waals surface area contributed by atoms with Crippen LogP contribution >= 0.6 is 0 Å². The molecule has 1 aromatic carbocycles. The molecule has 4 rings (SSSR count). The molecule has 3 aliphatic rings. The molecule has 2 aliphatic heterocycles. The fraction of sp³-hybridized carbons (Fsp3) is 0.714. The van der Waals surface area contributed by atoms with Crippen LogP contribution in [0.4, 0.5) is 0 Å². The molecule has 3 fully saturated rings. The van der Waals surface area contributed by atoms with Crippen LogP contribution < -0.4 is 4.74 Å². The largest absolute Gasteiger partial charge is 0.504 e. The predicted octanol–water partition coefficient (Wildman–Crippen LogP) is 0.216. The number of hydrogen-bond acceptors (Lipinski definition) is 9. The molecule has 1 aliphatic carbocycles. The van der Waals surface area contributed by atoms with Crippen LogP contribution in [0.1, 0.15) is 37.4 Å². The van der Waals surface area contributed by atoms with E-state index in [9.17, 15) is 25.5 Å². The van der Waals surface area contributed by atoms with Gasteiger partial charge >= 0.3 is 0 Å². The van der Waals surface area contributed by atoms with Gasteiger partial charge in [0.2, 0.25) is 0 Å². The van der Waals surface area contributed by atoms with E-state index in [4.69, 9.17) is 18.9 Å². The molecule has 2 heterocycles. The number of hydrogen-bond donors (Lipinski definition) is 5. The van der Waals surface area contributed by atoms with Crippen molar-refractivity contribution in [2.75, 3.05) is 13.7 Å². The lowest BCUT2D eigenvalue weighted by atomic mass is 9.88. The second kappa shape index (κ2) is 8.96. The minimum Gasteiger partial charge on any atom is -0.504 e. The van der Waals surface area contributed by atoms with Gasteiger partial charge in [-0.2, -0.15) is 0 Å². The molecular weight excluding hydrogens is 396 g/mol. The van der Waals surface area contributed by atoms with E-state index >= 15 is 0 Å². The molecule has 9 heteroatoms. The third-order valence-electron chi connectivity index (χ3n) is 6.50. The Morgan fingerprint density at radius 3 is 2.57 bits per heavy atom. The van der Waals surface area contributed by atoms with Crippen molar-refractivity contribution in [1.29, 1.82) is 0 Å². The number of fused-ring (bicyclic) bond motifs is 1. The number of phenols is 1. The Kier molecular flexibility index (Phi) is 6.50. The third kappa shape index (κ3) is 4.03. The smallest absolute Gasteiger partial charge is 0.186 e. The standard InChI is InChI=1S/C21H30O9/c1-27-14-6-5-10(7-12(14)23)15-8-16(11-3-2-4-13(11)28-15)29-21-20(26)19(25)18(24)17(9-22)30-21/h5-7,11,13,15-26H,2-4,8-9H2,1H3/t11-,13-,15-,16-,17-,18-,19+,20-,21-/m1/s1. The first-order chi connectivity index (χ1) is 14.4. The zero-order valence-electron chi connectivity index (χ0n) is 16.8. The Morgan fingerprint density at radius 2 is 1.87 bits per heavy atom. The summed E-state index contributed by atoms with van der Waals surface area (Å²) in [5.41, 5.74) is 0.793. The van der Waals surface area contributed by atoms with Gasteiger partial charge in [0.25, 0.3) is 0 Å². The minimum absolute atomic E-state index is 0.0251. The number of ether oxygens (including phenoxy) is 4. The number of aromatic hydroxyl groups is 1. The maximum atomic E-state index is 10.3. The molecule has 0 unspecified atom stereocenters. The highest BCUT2D eigenvalue weighted by Gasteiger charge is 2.48. The predicted molar refractivity (Wildman–Crippen MR) is 103 cm³/mol. The Bertz CT molecular complexity index is 726. The lowest BCUT2D eigenvalue weighted by Crippen LogP contribution is -2.60. The average molecular weight is 426 g/mol. The highest BCUT2D eigenvalue weighted by molar-refractivity contribution is 5.42. The highest BCUT2D eigenvalue weighted by atomic mass is 16.7. The van der Waals surface area contributed by atoms with Crippen molar-refractivity contribution in [3.63, 3.8) is 0 Å². The van der Waals surface area contributed by atoms with E-state index in [-0.39, 0.29) is 30.0 Å². The van der Waals surface area contributed by atoms with Gasteiger partial charge in [0, 0.05) is 12.3 Å².